The monoisotopic (exact) mass is 283 g/mol. The maximum atomic E-state index is 11.6. The van der Waals surface area contributed by atoms with Crippen LogP contribution < -0.4 is 10.1 Å². The first-order valence-corrected chi connectivity index (χ1v) is 5.71. The zero-order valence-electron chi connectivity index (χ0n) is 9.07. The number of carbonyl (C=O) groups is 1. The first-order chi connectivity index (χ1) is 7.59. The lowest BCUT2D eigenvalue weighted by molar-refractivity contribution is -0.127. The quantitative estimate of drug-likeness (QED) is 0.902. The van der Waals surface area contributed by atoms with Crippen molar-refractivity contribution in [3.8, 4) is 5.75 Å². The Labute approximate surface area is 104 Å². The first kappa shape index (κ1) is 12.8. The van der Waals surface area contributed by atoms with Gasteiger partial charge < -0.3 is 10.1 Å². The molecule has 1 N–H and O–H groups in total. The zero-order valence-corrected chi connectivity index (χ0v) is 10.7. The molecular formula is C12H14BrNO2. The molecule has 0 saturated carbocycles. The lowest BCUT2D eigenvalue weighted by atomic mass is 10.3. The van der Waals surface area contributed by atoms with Crippen LogP contribution in [-0.4, -0.2) is 18.6 Å². The van der Waals surface area contributed by atoms with Crippen LogP contribution in [0, 0.1) is 0 Å². The summed E-state index contributed by atoms with van der Waals surface area (Å²) in [5.41, 5.74) is 0. The predicted octanol–water partition coefficient (Wildman–Crippen LogP) is 2.48. The third kappa shape index (κ3) is 4.49. The first-order valence-electron chi connectivity index (χ1n) is 4.92. The molecule has 1 unspecified atom stereocenters. The molecule has 0 fully saturated rings. The van der Waals surface area contributed by atoms with Crippen LogP contribution in [0.3, 0.4) is 0 Å². The summed E-state index contributed by atoms with van der Waals surface area (Å²) in [5.74, 6) is 0.521. The topological polar surface area (TPSA) is 38.3 Å². The van der Waals surface area contributed by atoms with E-state index in [0.29, 0.717) is 12.3 Å². The molecule has 0 saturated heterocycles. The molecule has 0 heterocycles. The fourth-order valence-electron chi connectivity index (χ4n) is 1.08. The molecule has 0 aliphatic heterocycles. The molecule has 1 rings (SSSR count). The van der Waals surface area contributed by atoms with Gasteiger partial charge in [-0.05, 0) is 19.1 Å². The van der Waals surface area contributed by atoms with E-state index in [4.69, 9.17) is 4.74 Å². The average molecular weight is 284 g/mol. The number of hydrogen-bond acceptors (Lipinski definition) is 2. The smallest absolute Gasteiger partial charge is 0.261 e. The van der Waals surface area contributed by atoms with Gasteiger partial charge in [-0.3, -0.25) is 4.79 Å². The van der Waals surface area contributed by atoms with Crippen molar-refractivity contribution in [2.24, 2.45) is 0 Å². The van der Waals surface area contributed by atoms with Crippen molar-refractivity contribution in [1.29, 1.82) is 0 Å². The number of halogens is 1. The van der Waals surface area contributed by atoms with Gasteiger partial charge in [0.2, 0.25) is 0 Å². The van der Waals surface area contributed by atoms with Crippen LogP contribution in [0.5, 0.6) is 5.75 Å². The summed E-state index contributed by atoms with van der Waals surface area (Å²) in [6, 6.07) is 9.24. The van der Waals surface area contributed by atoms with E-state index >= 15 is 0 Å². The van der Waals surface area contributed by atoms with Crippen molar-refractivity contribution >= 4 is 21.8 Å². The Kier molecular flexibility index (Phi) is 5.05. The summed E-state index contributed by atoms with van der Waals surface area (Å²) in [4.78, 5) is 11.6. The maximum Gasteiger partial charge on any atom is 0.261 e. The summed E-state index contributed by atoms with van der Waals surface area (Å²) in [7, 11) is 0. The number of para-hydroxylation sites is 1. The van der Waals surface area contributed by atoms with Gasteiger partial charge in [0.15, 0.2) is 6.10 Å². The van der Waals surface area contributed by atoms with Gasteiger partial charge in [-0.15, -0.1) is 0 Å². The molecule has 0 aliphatic rings. The summed E-state index contributed by atoms with van der Waals surface area (Å²) >= 11 is 3.17. The Bertz CT molecular complexity index is 365. The Balaban J connectivity index is 2.43. The van der Waals surface area contributed by atoms with E-state index in [1.165, 1.54) is 0 Å². The van der Waals surface area contributed by atoms with Crippen LogP contribution in [0.2, 0.25) is 0 Å². The lowest BCUT2D eigenvalue weighted by Gasteiger charge is -2.14. The van der Waals surface area contributed by atoms with Crippen LogP contribution in [0.15, 0.2) is 41.4 Å². The Hall–Kier alpha value is -1.29. The summed E-state index contributed by atoms with van der Waals surface area (Å²) in [6.07, 6.45) is -0.519. The summed E-state index contributed by atoms with van der Waals surface area (Å²) in [5, 5.41) is 2.69. The fourth-order valence-corrected chi connectivity index (χ4v) is 1.22. The van der Waals surface area contributed by atoms with E-state index in [-0.39, 0.29) is 5.91 Å². The second-order valence-electron chi connectivity index (χ2n) is 3.31. The second-order valence-corrected chi connectivity index (χ2v) is 4.43. The van der Waals surface area contributed by atoms with Crippen LogP contribution in [-0.2, 0) is 4.79 Å². The van der Waals surface area contributed by atoms with Gasteiger partial charge in [0.05, 0.1) is 0 Å². The minimum Gasteiger partial charge on any atom is -0.481 e. The molecule has 1 aromatic carbocycles. The highest BCUT2D eigenvalue weighted by Crippen LogP contribution is 2.10. The molecule has 86 valence electrons. The van der Waals surface area contributed by atoms with Crippen molar-refractivity contribution in [1.82, 2.24) is 5.32 Å². The highest BCUT2D eigenvalue weighted by atomic mass is 79.9. The molecule has 1 amide bonds. The number of carbonyl (C=O) groups excluding carboxylic acids is 1. The number of hydrogen-bond donors (Lipinski definition) is 1. The summed E-state index contributed by atoms with van der Waals surface area (Å²) < 4.78 is 6.18. The van der Waals surface area contributed by atoms with E-state index in [9.17, 15) is 4.79 Å². The van der Waals surface area contributed by atoms with E-state index in [2.05, 4.69) is 27.8 Å². The van der Waals surface area contributed by atoms with Gasteiger partial charge in [-0.25, -0.2) is 0 Å². The lowest BCUT2D eigenvalue weighted by Crippen LogP contribution is -2.36. The SMILES string of the molecule is C=C(Br)CNC(=O)C(C)Oc1ccccc1. The molecule has 0 aliphatic carbocycles. The van der Waals surface area contributed by atoms with Crippen LogP contribution in [0.25, 0.3) is 0 Å². The molecule has 4 heteroatoms. The molecule has 16 heavy (non-hydrogen) atoms. The van der Waals surface area contributed by atoms with Crippen molar-refractivity contribution in [3.05, 3.63) is 41.4 Å². The number of benzene rings is 1. The van der Waals surface area contributed by atoms with Crippen LogP contribution >= 0.6 is 15.9 Å². The van der Waals surface area contributed by atoms with Crippen molar-refractivity contribution in [2.45, 2.75) is 13.0 Å². The van der Waals surface area contributed by atoms with Gasteiger partial charge in [-0.2, -0.15) is 0 Å². The Morgan fingerprint density at radius 2 is 2.12 bits per heavy atom. The maximum absolute atomic E-state index is 11.6. The standard InChI is InChI=1S/C12H14BrNO2/c1-9(13)8-14-12(15)10(2)16-11-6-4-3-5-7-11/h3-7,10H,1,8H2,2H3,(H,14,15). The molecule has 0 aromatic heterocycles. The highest BCUT2D eigenvalue weighted by molar-refractivity contribution is 9.11. The van der Waals surface area contributed by atoms with E-state index in [1.807, 2.05) is 30.3 Å². The molecule has 0 bridgehead atoms. The number of amides is 1. The minimum absolute atomic E-state index is 0.163. The van der Waals surface area contributed by atoms with E-state index in [1.54, 1.807) is 6.92 Å². The van der Waals surface area contributed by atoms with Crippen LogP contribution in [0.1, 0.15) is 6.92 Å². The second kappa shape index (κ2) is 6.33. The molecular weight excluding hydrogens is 270 g/mol. The van der Waals surface area contributed by atoms with Gasteiger partial charge in [0, 0.05) is 11.0 Å². The molecule has 1 aromatic rings. The number of rotatable bonds is 5. The van der Waals surface area contributed by atoms with Crippen molar-refractivity contribution in [2.75, 3.05) is 6.54 Å². The largest absolute Gasteiger partial charge is 0.481 e. The van der Waals surface area contributed by atoms with Gasteiger partial charge in [0.1, 0.15) is 5.75 Å². The normalized spacial score (nSPS) is 11.6. The molecule has 0 radical (unpaired) electrons. The predicted molar refractivity (Wildman–Crippen MR) is 67.6 cm³/mol. The molecule has 0 spiro atoms. The number of nitrogens with one attached hydrogen (secondary N) is 1. The number of ether oxygens (including phenoxy) is 1. The summed E-state index contributed by atoms with van der Waals surface area (Å²) in [6.45, 7) is 5.74. The molecule has 3 nitrogen and oxygen atoms in total. The van der Waals surface area contributed by atoms with Crippen molar-refractivity contribution in [3.63, 3.8) is 0 Å². The third-order valence-electron chi connectivity index (χ3n) is 1.88. The zero-order chi connectivity index (χ0) is 12.0. The van der Waals surface area contributed by atoms with Crippen molar-refractivity contribution < 1.29 is 9.53 Å². The highest BCUT2D eigenvalue weighted by Gasteiger charge is 2.13. The third-order valence-corrected chi connectivity index (χ3v) is 2.16. The van der Waals surface area contributed by atoms with E-state index in [0.717, 1.165) is 4.48 Å². The minimum atomic E-state index is -0.519. The van der Waals surface area contributed by atoms with Crippen LogP contribution in [0.4, 0.5) is 0 Å². The Morgan fingerprint density at radius 1 is 1.50 bits per heavy atom. The van der Waals surface area contributed by atoms with Gasteiger partial charge in [0.25, 0.3) is 5.91 Å². The Morgan fingerprint density at radius 3 is 2.69 bits per heavy atom. The molecule has 1 atom stereocenters. The van der Waals surface area contributed by atoms with Gasteiger partial charge >= 0.3 is 0 Å². The van der Waals surface area contributed by atoms with E-state index < -0.39 is 6.10 Å². The average Bonchev–Trinajstić information content (AvgIpc) is 2.27. The fraction of sp³-hybridized carbons (Fsp3) is 0.250. The van der Waals surface area contributed by atoms with Gasteiger partial charge in [-0.1, -0.05) is 40.7 Å².